The molecule has 0 radical (unpaired) electrons. The molecule has 0 spiro atoms. The van der Waals surface area contributed by atoms with Crippen molar-refractivity contribution in [2.45, 2.75) is 46.2 Å². The standard InChI is InChI=1S/C20H28N2O2/c1-4-5-6-12-21(17(2)23)16-19-10-8-13-22(19)15-18-9-7-11-20(14-18)24-3/h7-11,13-14H,4-6,12,15-16H2,1-3H3. The third kappa shape index (κ3) is 5.15. The summed E-state index contributed by atoms with van der Waals surface area (Å²) in [6, 6.07) is 12.2. The predicted octanol–water partition coefficient (Wildman–Crippen LogP) is 4.08. The van der Waals surface area contributed by atoms with E-state index in [0.717, 1.165) is 43.8 Å². The first-order valence-corrected chi connectivity index (χ1v) is 8.66. The highest BCUT2D eigenvalue weighted by atomic mass is 16.5. The van der Waals surface area contributed by atoms with Crippen LogP contribution in [-0.4, -0.2) is 29.0 Å². The van der Waals surface area contributed by atoms with Gasteiger partial charge in [-0.1, -0.05) is 31.9 Å². The fourth-order valence-corrected chi connectivity index (χ4v) is 2.81. The van der Waals surface area contributed by atoms with Gasteiger partial charge in [-0.2, -0.15) is 0 Å². The molecule has 0 fully saturated rings. The van der Waals surface area contributed by atoms with Gasteiger partial charge in [0.05, 0.1) is 13.7 Å². The minimum absolute atomic E-state index is 0.139. The maximum atomic E-state index is 11.9. The van der Waals surface area contributed by atoms with E-state index in [4.69, 9.17) is 4.74 Å². The van der Waals surface area contributed by atoms with Gasteiger partial charge in [0.1, 0.15) is 5.75 Å². The molecule has 2 aromatic rings. The normalized spacial score (nSPS) is 10.6. The van der Waals surface area contributed by atoms with E-state index < -0.39 is 0 Å². The summed E-state index contributed by atoms with van der Waals surface area (Å²) in [5.41, 5.74) is 2.34. The maximum Gasteiger partial charge on any atom is 0.219 e. The summed E-state index contributed by atoms with van der Waals surface area (Å²) < 4.78 is 7.49. The molecule has 1 aromatic carbocycles. The number of methoxy groups -OCH3 is 1. The van der Waals surface area contributed by atoms with E-state index in [1.54, 1.807) is 14.0 Å². The molecule has 1 aromatic heterocycles. The van der Waals surface area contributed by atoms with Crippen molar-refractivity contribution in [3.8, 4) is 5.75 Å². The third-order valence-corrected chi connectivity index (χ3v) is 4.24. The number of nitrogens with zero attached hydrogens (tertiary/aromatic N) is 2. The lowest BCUT2D eigenvalue weighted by Crippen LogP contribution is -2.30. The molecule has 24 heavy (non-hydrogen) atoms. The molecule has 1 amide bonds. The van der Waals surface area contributed by atoms with E-state index >= 15 is 0 Å². The summed E-state index contributed by atoms with van der Waals surface area (Å²) in [5, 5.41) is 0. The van der Waals surface area contributed by atoms with Gasteiger partial charge >= 0.3 is 0 Å². The molecule has 2 rings (SSSR count). The van der Waals surface area contributed by atoms with Crippen molar-refractivity contribution in [1.82, 2.24) is 9.47 Å². The van der Waals surface area contributed by atoms with E-state index in [2.05, 4.69) is 29.8 Å². The molecule has 0 aliphatic heterocycles. The summed E-state index contributed by atoms with van der Waals surface area (Å²) in [4.78, 5) is 13.9. The Bertz CT molecular complexity index is 649. The number of hydrogen-bond acceptors (Lipinski definition) is 2. The number of carbonyl (C=O) groups is 1. The molecule has 0 saturated carbocycles. The van der Waals surface area contributed by atoms with Crippen molar-refractivity contribution in [2.75, 3.05) is 13.7 Å². The number of ether oxygens (including phenoxy) is 1. The van der Waals surface area contributed by atoms with Crippen LogP contribution in [0.5, 0.6) is 5.75 Å². The molecule has 0 N–H and O–H groups in total. The quantitative estimate of drug-likeness (QED) is 0.650. The zero-order valence-electron chi connectivity index (χ0n) is 15.0. The number of hydrogen-bond donors (Lipinski definition) is 0. The minimum Gasteiger partial charge on any atom is -0.497 e. The van der Waals surface area contributed by atoms with Crippen LogP contribution in [-0.2, 0) is 17.9 Å². The summed E-state index contributed by atoms with van der Waals surface area (Å²) in [5.74, 6) is 1.01. The lowest BCUT2D eigenvalue weighted by Gasteiger charge is -2.22. The van der Waals surface area contributed by atoms with Gasteiger partial charge in [-0.05, 0) is 36.2 Å². The number of carbonyl (C=O) groups excluding carboxylic acids is 1. The number of unbranched alkanes of at least 4 members (excludes halogenated alkanes) is 2. The zero-order chi connectivity index (χ0) is 17.4. The van der Waals surface area contributed by atoms with Crippen molar-refractivity contribution in [2.24, 2.45) is 0 Å². The first kappa shape index (κ1) is 18.1. The van der Waals surface area contributed by atoms with E-state index in [-0.39, 0.29) is 5.91 Å². The van der Waals surface area contributed by atoms with Crippen LogP contribution in [0.25, 0.3) is 0 Å². The van der Waals surface area contributed by atoms with Crippen LogP contribution >= 0.6 is 0 Å². The van der Waals surface area contributed by atoms with Gasteiger partial charge in [0, 0.05) is 31.9 Å². The van der Waals surface area contributed by atoms with Crippen LogP contribution in [0.1, 0.15) is 44.4 Å². The summed E-state index contributed by atoms with van der Waals surface area (Å²) in [6.45, 7) is 6.10. The van der Waals surface area contributed by atoms with Crippen LogP contribution in [0.2, 0.25) is 0 Å². The Morgan fingerprint density at radius 1 is 1.21 bits per heavy atom. The molecule has 0 unspecified atom stereocenters. The van der Waals surface area contributed by atoms with Gasteiger partial charge in [-0.15, -0.1) is 0 Å². The molecule has 0 aliphatic carbocycles. The van der Waals surface area contributed by atoms with Gasteiger partial charge in [0.2, 0.25) is 5.91 Å². The first-order chi connectivity index (χ1) is 11.6. The number of rotatable bonds is 9. The Labute approximate surface area is 145 Å². The Hall–Kier alpha value is -2.23. The number of aromatic nitrogens is 1. The summed E-state index contributed by atoms with van der Waals surface area (Å²) >= 11 is 0. The SMILES string of the molecule is CCCCCN(Cc1cccn1Cc1cccc(OC)c1)C(C)=O. The van der Waals surface area contributed by atoms with Crippen molar-refractivity contribution in [1.29, 1.82) is 0 Å². The second-order valence-corrected chi connectivity index (χ2v) is 6.13. The van der Waals surface area contributed by atoms with Crippen molar-refractivity contribution >= 4 is 5.91 Å². The second kappa shape index (κ2) is 9.16. The molecule has 4 heteroatoms. The molecule has 1 heterocycles. The van der Waals surface area contributed by atoms with Crippen molar-refractivity contribution in [3.05, 3.63) is 53.9 Å². The first-order valence-electron chi connectivity index (χ1n) is 8.66. The largest absolute Gasteiger partial charge is 0.497 e. The highest BCUT2D eigenvalue weighted by molar-refractivity contribution is 5.73. The van der Waals surface area contributed by atoms with Gasteiger partial charge in [0.25, 0.3) is 0 Å². The molecule has 0 atom stereocenters. The smallest absolute Gasteiger partial charge is 0.219 e. The van der Waals surface area contributed by atoms with Crippen LogP contribution in [0.15, 0.2) is 42.6 Å². The van der Waals surface area contributed by atoms with Gasteiger partial charge in [-0.25, -0.2) is 0 Å². The summed E-state index contributed by atoms with van der Waals surface area (Å²) in [6.07, 6.45) is 5.46. The monoisotopic (exact) mass is 328 g/mol. The lowest BCUT2D eigenvalue weighted by molar-refractivity contribution is -0.129. The van der Waals surface area contributed by atoms with E-state index in [1.807, 2.05) is 29.2 Å². The van der Waals surface area contributed by atoms with Gasteiger partial charge in [0.15, 0.2) is 0 Å². The van der Waals surface area contributed by atoms with Crippen LogP contribution in [0.3, 0.4) is 0 Å². The Morgan fingerprint density at radius 3 is 2.75 bits per heavy atom. The van der Waals surface area contributed by atoms with Crippen molar-refractivity contribution < 1.29 is 9.53 Å². The molecule has 130 valence electrons. The average Bonchev–Trinajstić information content (AvgIpc) is 3.01. The fraction of sp³-hybridized carbons (Fsp3) is 0.450. The molecule has 0 bridgehead atoms. The van der Waals surface area contributed by atoms with E-state index in [9.17, 15) is 4.79 Å². The maximum absolute atomic E-state index is 11.9. The fourth-order valence-electron chi connectivity index (χ4n) is 2.81. The molecule has 4 nitrogen and oxygen atoms in total. The summed E-state index contributed by atoms with van der Waals surface area (Å²) in [7, 11) is 1.68. The van der Waals surface area contributed by atoms with Crippen LogP contribution in [0.4, 0.5) is 0 Å². The number of benzene rings is 1. The van der Waals surface area contributed by atoms with Gasteiger partial charge in [-0.3, -0.25) is 4.79 Å². The Kier molecular flexibility index (Phi) is 6.91. The van der Waals surface area contributed by atoms with Crippen LogP contribution < -0.4 is 4.74 Å². The second-order valence-electron chi connectivity index (χ2n) is 6.13. The highest BCUT2D eigenvalue weighted by Gasteiger charge is 2.12. The number of amides is 1. The zero-order valence-corrected chi connectivity index (χ0v) is 15.0. The molecular weight excluding hydrogens is 300 g/mol. The van der Waals surface area contributed by atoms with E-state index in [1.165, 1.54) is 5.56 Å². The third-order valence-electron chi connectivity index (χ3n) is 4.24. The van der Waals surface area contributed by atoms with Gasteiger partial charge < -0.3 is 14.2 Å². The minimum atomic E-state index is 0.139. The molecule has 0 saturated heterocycles. The average molecular weight is 328 g/mol. The Morgan fingerprint density at radius 2 is 2.04 bits per heavy atom. The molecular formula is C20H28N2O2. The van der Waals surface area contributed by atoms with Crippen LogP contribution in [0, 0.1) is 0 Å². The topological polar surface area (TPSA) is 34.5 Å². The predicted molar refractivity (Wildman–Crippen MR) is 97.1 cm³/mol. The van der Waals surface area contributed by atoms with E-state index in [0.29, 0.717) is 6.54 Å². The Balaban J connectivity index is 2.06. The van der Waals surface area contributed by atoms with Crippen molar-refractivity contribution in [3.63, 3.8) is 0 Å². The molecule has 0 aliphatic rings. The lowest BCUT2D eigenvalue weighted by atomic mass is 10.2. The highest BCUT2D eigenvalue weighted by Crippen LogP contribution is 2.16.